The van der Waals surface area contributed by atoms with Crippen LogP contribution >= 0.6 is 0 Å². The fraction of sp³-hybridized carbons (Fsp3) is 0.0357. The Labute approximate surface area is 334 Å². The molecule has 0 N–H and O–H groups in total. The van der Waals surface area contributed by atoms with Gasteiger partial charge >= 0.3 is 0 Å². The number of anilines is 3. The number of hydrogen-bond donors (Lipinski definition) is 0. The first-order valence-corrected chi connectivity index (χ1v) is 19.9. The van der Waals surface area contributed by atoms with Gasteiger partial charge < -0.3 is 4.90 Å². The Morgan fingerprint density at radius 1 is 0.298 bits per heavy atom. The van der Waals surface area contributed by atoms with Gasteiger partial charge in [0, 0.05) is 17.1 Å². The molecule has 9 aromatic carbocycles. The summed E-state index contributed by atoms with van der Waals surface area (Å²) in [7, 11) is 0. The molecule has 0 heterocycles. The van der Waals surface area contributed by atoms with Crippen LogP contribution in [0.1, 0.15) is 33.4 Å². The first-order valence-electron chi connectivity index (χ1n) is 19.9. The van der Waals surface area contributed by atoms with Gasteiger partial charge in [0.1, 0.15) is 0 Å². The molecule has 2 aliphatic rings. The fourth-order valence-corrected chi connectivity index (χ4v) is 9.58. The molecule has 0 aliphatic heterocycles. The second-order valence-electron chi connectivity index (χ2n) is 15.3. The maximum absolute atomic E-state index is 2.41. The largest absolute Gasteiger partial charge is 0.310 e. The molecule has 0 fully saturated rings. The molecular weight excluding hydrogens is 687 g/mol. The van der Waals surface area contributed by atoms with Crippen molar-refractivity contribution in [2.75, 3.05) is 4.90 Å². The van der Waals surface area contributed by atoms with Gasteiger partial charge in [-0.3, -0.25) is 0 Å². The summed E-state index contributed by atoms with van der Waals surface area (Å²) in [5, 5.41) is 0. The van der Waals surface area contributed by atoms with E-state index in [2.05, 4.69) is 229 Å². The van der Waals surface area contributed by atoms with Gasteiger partial charge in [-0.05, 0) is 133 Å². The van der Waals surface area contributed by atoms with Crippen molar-refractivity contribution in [1.82, 2.24) is 0 Å². The van der Waals surface area contributed by atoms with Gasteiger partial charge in [-0.2, -0.15) is 0 Å². The predicted molar refractivity (Wildman–Crippen MR) is 238 cm³/mol. The lowest BCUT2D eigenvalue weighted by molar-refractivity contribution is 0.769. The Morgan fingerprint density at radius 2 is 0.772 bits per heavy atom. The van der Waals surface area contributed by atoms with Crippen molar-refractivity contribution in [3.05, 3.63) is 258 Å². The van der Waals surface area contributed by atoms with E-state index in [0.29, 0.717) is 0 Å². The second-order valence-corrected chi connectivity index (χ2v) is 15.3. The molecule has 0 saturated carbocycles. The van der Waals surface area contributed by atoms with Crippen molar-refractivity contribution < 1.29 is 0 Å². The highest BCUT2D eigenvalue weighted by atomic mass is 15.1. The van der Waals surface area contributed by atoms with Crippen LogP contribution in [0.25, 0.3) is 44.5 Å². The summed E-state index contributed by atoms with van der Waals surface area (Å²) in [6.07, 6.45) is 0.960. The average Bonchev–Trinajstić information content (AvgIpc) is 3.81. The van der Waals surface area contributed by atoms with Crippen molar-refractivity contribution >= 4 is 17.1 Å². The molecule has 0 spiro atoms. The summed E-state index contributed by atoms with van der Waals surface area (Å²) in [6, 6.07) is 82.6. The van der Waals surface area contributed by atoms with Gasteiger partial charge in [-0.15, -0.1) is 0 Å². The average molecular weight is 726 g/mol. The molecule has 11 rings (SSSR count). The molecule has 0 bridgehead atoms. The Hall–Kier alpha value is -7.22. The molecule has 0 saturated heterocycles. The van der Waals surface area contributed by atoms with Crippen molar-refractivity contribution in [2.45, 2.75) is 11.8 Å². The SMILES string of the molecule is c1ccc(-c2ccc3c(c2)-c2cc(N(c4ccccc4)c4ccc(-c5cccc(C6(c7ccccc7)c7ccccc7-c7ccccc76)c5)cc4)ccc2C3)cc1. The molecule has 0 aromatic heterocycles. The van der Waals surface area contributed by atoms with Crippen LogP contribution in [0.3, 0.4) is 0 Å². The highest BCUT2D eigenvalue weighted by molar-refractivity contribution is 5.88. The quantitative estimate of drug-likeness (QED) is 0.158. The van der Waals surface area contributed by atoms with E-state index in [-0.39, 0.29) is 0 Å². The van der Waals surface area contributed by atoms with Crippen LogP contribution in [-0.2, 0) is 11.8 Å². The minimum atomic E-state index is -0.428. The normalized spacial score (nSPS) is 13.0. The maximum Gasteiger partial charge on any atom is 0.0713 e. The summed E-state index contributed by atoms with van der Waals surface area (Å²) < 4.78 is 0. The van der Waals surface area contributed by atoms with Gasteiger partial charge in [-0.1, -0.05) is 176 Å². The van der Waals surface area contributed by atoms with Gasteiger partial charge in [0.15, 0.2) is 0 Å². The van der Waals surface area contributed by atoms with E-state index in [1.54, 1.807) is 0 Å². The molecule has 2 aliphatic carbocycles. The monoisotopic (exact) mass is 725 g/mol. The summed E-state index contributed by atoms with van der Waals surface area (Å²) in [5.41, 5.74) is 21.1. The van der Waals surface area contributed by atoms with E-state index in [9.17, 15) is 0 Å². The van der Waals surface area contributed by atoms with Crippen molar-refractivity contribution in [3.8, 4) is 44.5 Å². The minimum Gasteiger partial charge on any atom is -0.310 e. The number of fused-ring (bicyclic) bond motifs is 6. The van der Waals surface area contributed by atoms with Crippen molar-refractivity contribution in [2.24, 2.45) is 0 Å². The Morgan fingerprint density at radius 3 is 1.47 bits per heavy atom. The predicted octanol–water partition coefficient (Wildman–Crippen LogP) is 14.4. The topological polar surface area (TPSA) is 3.24 Å². The first kappa shape index (κ1) is 33.1. The number of rotatable bonds is 7. The second kappa shape index (κ2) is 13.5. The third-order valence-electron chi connectivity index (χ3n) is 12.2. The Kier molecular flexibility index (Phi) is 7.86. The van der Waals surface area contributed by atoms with Gasteiger partial charge in [0.25, 0.3) is 0 Å². The van der Waals surface area contributed by atoms with E-state index in [1.165, 1.54) is 77.9 Å². The van der Waals surface area contributed by atoms with Crippen LogP contribution in [0.5, 0.6) is 0 Å². The van der Waals surface area contributed by atoms with Crippen molar-refractivity contribution in [3.63, 3.8) is 0 Å². The van der Waals surface area contributed by atoms with Gasteiger partial charge in [0.2, 0.25) is 0 Å². The summed E-state index contributed by atoms with van der Waals surface area (Å²) >= 11 is 0. The molecule has 0 unspecified atom stereocenters. The Balaban J connectivity index is 0.996. The van der Waals surface area contributed by atoms with Crippen LogP contribution in [0.15, 0.2) is 224 Å². The van der Waals surface area contributed by atoms with E-state index in [1.807, 2.05) is 0 Å². The summed E-state index contributed by atoms with van der Waals surface area (Å²) in [4.78, 5) is 2.39. The van der Waals surface area contributed by atoms with Crippen LogP contribution in [0, 0.1) is 0 Å². The number of benzene rings is 9. The zero-order chi connectivity index (χ0) is 37.8. The van der Waals surface area contributed by atoms with Crippen LogP contribution in [0.4, 0.5) is 17.1 Å². The zero-order valence-corrected chi connectivity index (χ0v) is 31.5. The molecule has 57 heavy (non-hydrogen) atoms. The van der Waals surface area contributed by atoms with E-state index >= 15 is 0 Å². The van der Waals surface area contributed by atoms with Gasteiger partial charge in [0.05, 0.1) is 5.41 Å². The lowest BCUT2D eigenvalue weighted by Gasteiger charge is -2.34. The molecule has 0 radical (unpaired) electrons. The Bertz CT molecular complexity index is 2860. The molecule has 268 valence electrons. The summed E-state index contributed by atoms with van der Waals surface area (Å²) in [5.74, 6) is 0. The standard InChI is InChI=1S/C56H39N/c1-4-15-39(16-5-1)42-27-28-43-35-44-31-34-49(38-53(44)52(43)37-42)57(47-21-8-3-9-22-47)48-32-29-40(30-33-48)41-17-14-20-46(36-41)56(45-18-6-2-7-19-45)54-25-12-10-23-50(54)51-24-11-13-26-55(51)56/h1-34,36-38H,35H2. The first-order chi connectivity index (χ1) is 28.3. The van der Waals surface area contributed by atoms with E-state index in [4.69, 9.17) is 0 Å². The molecule has 0 amide bonds. The molecule has 1 nitrogen and oxygen atoms in total. The number of para-hydroxylation sites is 1. The third-order valence-corrected chi connectivity index (χ3v) is 12.2. The number of nitrogens with zero attached hydrogens (tertiary/aromatic N) is 1. The zero-order valence-electron chi connectivity index (χ0n) is 31.5. The van der Waals surface area contributed by atoms with Crippen LogP contribution < -0.4 is 4.90 Å². The highest BCUT2D eigenvalue weighted by Gasteiger charge is 2.45. The van der Waals surface area contributed by atoms with E-state index in [0.717, 1.165) is 23.5 Å². The van der Waals surface area contributed by atoms with Crippen LogP contribution in [-0.4, -0.2) is 0 Å². The third kappa shape index (κ3) is 5.39. The summed E-state index contributed by atoms with van der Waals surface area (Å²) in [6.45, 7) is 0. The number of hydrogen-bond acceptors (Lipinski definition) is 1. The van der Waals surface area contributed by atoms with E-state index < -0.39 is 5.41 Å². The molecule has 0 atom stereocenters. The minimum absolute atomic E-state index is 0.428. The lowest BCUT2D eigenvalue weighted by Crippen LogP contribution is -2.28. The smallest absolute Gasteiger partial charge is 0.0713 e. The molecule has 1 heteroatoms. The van der Waals surface area contributed by atoms with Crippen LogP contribution in [0.2, 0.25) is 0 Å². The fourth-order valence-electron chi connectivity index (χ4n) is 9.58. The van der Waals surface area contributed by atoms with Gasteiger partial charge in [-0.25, -0.2) is 0 Å². The molecular formula is C56H39N. The lowest BCUT2D eigenvalue weighted by atomic mass is 9.67. The maximum atomic E-state index is 2.41. The highest BCUT2D eigenvalue weighted by Crippen LogP contribution is 2.56. The molecule has 9 aromatic rings. The van der Waals surface area contributed by atoms with Crippen molar-refractivity contribution in [1.29, 1.82) is 0 Å².